The molecule has 0 saturated heterocycles. The van der Waals surface area contributed by atoms with Gasteiger partial charge >= 0.3 is 0 Å². The number of rotatable bonds is 0. The largest absolute Gasteiger partial charge is 0.0527 e. The predicted molar refractivity (Wildman–Crippen MR) is 37.0 cm³/mol. The lowest BCUT2D eigenvalue weighted by Gasteiger charge is -2.26. The Kier molecular flexibility index (Phi) is 0.717. The summed E-state index contributed by atoms with van der Waals surface area (Å²) in [5.74, 6) is 4.86. The van der Waals surface area contributed by atoms with Gasteiger partial charge in [-0.1, -0.05) is 6.42 Å². The molecule has 9 heavy (non-hydrogen) atoms. The van der Waals surface area contributed by atoms with Crippen LogP contribution in [0, 0.1) is 23.7 Å². The van der Waals surface area contributed by atoms with Crippen molar-refractivity contribution in [3.05, 3.63) is 0 Å². The molecule has 0 heteroatoms. The molecule has 0 amide bonds. The van der Waals surface area contributed by atoms with Gasteiger partial charge in [0.2, 0.25) is 0 Å². The van der Waals surface area contributed by atoms with Crippen molar-refractivity contribution in [3.8, 4) is 0 Å². The van der Waals surface area contributed by atoms with E-state index in [9.17, 15) is 0 Å². The molecule has 4 fully saturated rings. The summed E-state index contributed by atoms with van der Waals surface area (Å²) in [5, 5.41) is 0. The zero-order valence-electron chi connectivity index (χ0n) is 5.84. The van der Waals surface area contributed by atoms with Crippen molar-refractivity contribution in [2.75, 3.05) is 0 Å². The van der Waals surface area contributed by atoms with Gasteiger partial charge in [-0.05, 0) is 49.4 Å². The van der Waals surface area contributed by atoms with E-state index < -0.39 is 0 Å². The third-order valence-corrected chi connectivity index (χ3v) is 4.05. The fraction of sp³-hybridized carbons (Fsp3) is 1.00. The summed E-state index contributed by atoms with van der Waals surface area (Å²) in [4.78, 5) is 0. The summed E-state index contributed by atoms with van der Waals surface area (Å²) >= 11 is 0. The quantitative estimate of drug-likeness (QED) is 0.463. The van der Waals surface area contributed by atoms with Gasteiger partial charge in [-0.15, -0.1) is 0 Å². The Labute approximate surface area is 56.6 Å². The molecule has 0 aromatic heterocycles. The highest BCUT2D eigenvalue weighted by molar-refractivity contribution is 5.02. The minimum absolute atomic E-state index is 1.21. The van der Waals surface area contributed by atoms with Crippen molar-refractivity contribution >= 4 is 0 Å². The van der Waals surface area contributed by atoms with Crippen LogP contribution in [-0.4, -0.2) is 0 Å². The second-order valence-electron chi connectivity index (χ2n) is 4.25. The molecule has 4 aliphatic rings. The van der Waals surface area contributed by atoms with Crippen LogP contribution in [0.2, 0.25) is 0 Å². The van der Waals surface area contributed by atoms with Crippen molar-refractivity contribution in [3.63, 3.8) is 0 Å². The molecule has 0 spiro atoms. The molecule has 0 aromatic carbocycles. The summed E-state index contributed by atoms with van der Waals surface area (Å²) in [6.07, 6.45) is 7.98. The van der Waals surface area contributed by atoms with Gasteiger partial charge in [0.25, 0.3) is 0 Å². The van der Waals surface area contributed by atoms with Gasteiger partial charge in [0.15, 0.2) is 0 Å². The van der Waals surface area contributed by atoms with Gasteiger partial charge in [0, 0.05) is 0 Å². The van der Waals surface area contributed by atoms with E-state index >= 15 is 0 Å². The van der Waals surface area contributed by atoms with Crippen molar-refractivity contribution in [1.29, 1.82) is 0 Å². The van der Waals surface area contributed by atoms with E-state index in [2.05, 4.69) is 0 Å². The summed E-state index contributed by atoms with van der Waals surface area (Å²) in [7, 11) is 0. The molecule has 4 aliphatic carbocycles. The van der Waals surface area contributed by atoms with Crippen LogP contribution in [0.15, 0.2) is 0 Å². The van der Waals surface area contributed by atoms with Gasteiger partial charge < -0.3 is 0 Å². The Morgan fingerprint density at radius 1 is 0.778 bits per heavy atom. The maximum absolute atomic E-state index is 1.62. The summed E-state index contributed by atoms with van der Waals surface area (Å²) in [6, 6.07) is 0. The molecule has 0 aromatic rings. The normalized spacial score (nSPS) is 61.3. The second kappa shape index (κ2) is 1.36. The van der Waals surface area contributed by atoms with Crippen LogP contribution in [0.1, 0.15) is 32.1 Å². The van der Waals surface area contributed by atoms with E-state index in [-0.39, 0.29) is 0 Å². The number of hydrogen-bond donors (Lipinski definition) is 0. The lowest BCUT2D eigenvalue weighted by molar-refractivity contribution is 0.251. The van der Waals surface area contributed by atoms with E-state index in [4.69, 9.17) is 0 Å². The molecular formula is C9H14. The van der Waals surface area contributed by atoms with E-state index in [1.807, 2.05) is 0 Å². The Hall–Kier alpha value is 0. The van der Waals surface area contributed by atoms with Gasteiger partial charge in [-0.3, -0.25) is 0 Å². The van der Waals surface area contributed by atoms with Gasteiger partial charge in [-0.25, -0.2) is 0 Å². The molecule has 0 N–H and O–H groups in total. The first-order chi connectivity index (χ1) is 4.45. The Morgan fingerprint density at radius 3 is 1.89 bits per heavy atom. The standard InChI is InChI=1S/C9H14/c1-2-8-6-4-7(5-6)9(8)3-1/h6-9H,1-5H2. The van der Waals surface area contributed by atoms with Gasteiger partial charge in [0.05, 0.1) is 0 Å². The molecule has 0 radical (unpaired) electrons. The first kappa shape index (κ1) is 4.76. The van der Waals surface area contributed by atoms with E-state index in [1.54, 1.807) is 32.1 Å². The highest BCUT2D eigenvalue weighted by Crippen LogP contribution is 2.62. The van der Waals surface area contributed by atoms with Gasteiger partial charge in [0.1, 0.15) is 0 Å². The van der Waals surface area contributed by atoms with E-state index in [0.29, 0.717) is 0 Å². The monoisotopic (exact) mass is 122 g/mol. The molecule has 0 nitrogen and oxygen atoms in total. The summed E-state index contributed by atoms with van der Waals surface area (Å²) in [6.45, 7) is 0. The van der Waals surface area contributed by atoms with Crippen LogP contribution in [0.25, 0.3) is 0 Å². The molecule has 4 rings (SSSR count). The van der Waals surface area contributed by atoms with Gasteiger partial charge in [-0.2, -0.15) is 0 Å². The third-order valence-electron chi connectivity index (χ3n) is 4.05. The molecule has 50 valence electrons. The molecule has 2 bridgehead atoms. The summed E-state index contributed by atoms with van der Waals surface area (Å²) < 4.78 is 0. The van der Waals surface area contributed by atoms with E-state index in [1.165, 1.54) is 23.7 Å². The lowest BCUT2D eigenvalue weighted by atomic mass is 9.80. The van der Waals surface area contributed by atoms with Crippen LogP contribution in [0.4, 0.5) is 0 Å². The molecule has 0 aliphatic heterocycles. The predicted octanol–water partition coefficient (Wildman–Crippen LogP) is 2.44. The van der Waals surface area contributed by atoms with Crippen LogP contribution < -0.4 is 0 Å². The zero-order valence-corrected chi connectivity index (χ0v) is 5.84. The maximum Gasteiger partial charge on any atom is -0.0355 e. The van der Waals surface area contributed by atoms with Crippen molar-refractivity contribution in [1.82, 2.24) is 0 Å². The van der Waals surface area contributed by atoms with Crippen LogP contribution >= 0.6 is 0 Å². The van der Waals surface area contributed by atoms with Crippen LogP contribution in [0.3, 0.4) is 0 Å². The maximum atomic E-state index is 1.62. The Balaban J connectivity index is 1.94. The smallest absolute Gasteiger partial charge is 0.0355 e. The molecule has 4 saturated carbocycles. The van der Waals surface area contributed by atoms with Crippen molar-refractivity contribution < 1.29 is 0 Å². The lowest BCUT2D eigenvalue weighted by Crippen LogP contribution is -2.15. The first-order valence-electron chi connectivity index (χ1n) is 4.45. The molecule has 2 atom stereocenters. The fourth-order valence-corrected chi connectivity index (χ4v) is 3.60. The minimum Gasteiger partial charge on any atom is -0.0527 e. The average molecular weight is 122 g/mol. The SMILES string of the molecule is C1CC2C3CC(C3)C2C1. The highest BCUT2D eigenvalue weighted by Gasteiger charge is 2.53. The fourth-order valence-electron chi connectivity index (χ4n) is 3.60. The van der Waals surface area contributed by atoms with Crippen LogP contribution in [0.5, 0.6) is 0 Å². The Bertz CT molecular complexity index is 119. The number of hydrogen-bond acceptors (Lipinski definition) is 0. The second-order valence-corrected chi connectivity index (χ2v) is 4.25. The zero-order chi connectivity index (χ0) is 5.84. The molecular weight excluding hydrogens is 108 g/mol. The van der Waals surface area contributed by atoms with Crippen molar-refractivity contribution in [2.24, 2.45) is 23.7 Å². The third kappa shape index (κ3) is 0.426. The average Bonchev–Trinajstić information content (AvgIpc) is 2.11. The van der Waals surface area contributed by atoms with Crippen LogP contribution in [-0.2, 0) is 0 Å². The topological polar surface area (TPSA) is 0 Å². The molecule has 2 unspecified atom stereocenters. The molecule has 0 heterocycles. The summed E-state index contributed by atoms with van der Waals surface area (Å²) in [5.41, 5.74) is 0. The first-order valence-corrected chi connectivity index (χ1v) is 4.45. The van der Waals surface area contributed by atoms with Crippen molar-refractivity contribution in [2.45, 2.75) is 32.1 Å². The highest BCUT2D eigenvalue weighted by atomic mass is 14.6. The minimum atomic E-state index is 1.21. The van der Waals surface area contributed by atoms with E-state index in [0.717, 1.165) is 0 Å². The Morgan fingerprint density at radius 2 is 1.33 bits per heavy atom.